The summed E-state index contributed by atoms with van der Waals surface area (Å²) in [7, 11) is -3.54. The Morgan fingerprint density at radius 1 is 1.67 bits per heavy atom. The molecule has 0 aliphatic heterocycles. The topological polar surface area (TPSA) is 57.5 Å². The van der Waals surface area contributed by atoms with E-state index in [1.807, 2.05) is 0 Å². The van der Waals surface area contributed by atoms with Crippen LogP contribution in [-0.4, -0.2) is 21.0 Å². The predicted octanol–water partition coefficient (Wildman–Crippen LogP) is 1.18. The number of alkyl halides is 1. The molecule has 0 aromatic heterocycles. The molecule has 0 saturated heterocycles. The molecule has 9 heavy (non-hydrogen) atoms. The monoisotopic (exact) mass is 172 g/mol. The maximum absolute atomic E-state index is 10.8. The molecular weight excluding hydrogens is 162 g/mol. The zero-order valence-electron chi connectivity index (χ0n) is 5.33. The third-order valence-electron chi connectivity index (χ3n) is 1.02. The minimum atomic E-state index is -3.54. The van der Waals surface area contributed by atoms with Crippen LogP contribution in [0.3, 0.4) is 0 Å². The van der Waals surface area contributed by atoms with Crippen molar-refractivity contribution >= 4 is 19.0 Å². The van der Waals surface area contributed by atoms with E-state index >= 15 is 0 Å². The maximum Gasteiger partial charge on any atom is 0.244 e. The Labute approximate surface area is 59.1 Å². The van der Waals surface area contributed by atoms with Crippen LogP contribution in [0.1, 0.15) is 13.8 Å². The molecule has 0 radical (unpaired) electrons. The van der Waals surface area contributed by atoms with E-state index in [1.165, 1.54) is 13.8 Å². The first kappa shape index (κ1) is 9.44. The summed E-state index contributed by atoms with van der Waals surface area (Å²) in [6, 6.07) is 0. The highest BCUT2D eigenvalue weighted by Crippen LogP contribution is 2.52. The second-order valence-corrected chi connectivity index (χ2v) is 5.77. The van der Waals surface area contributed by atoms with Gasteiger partial charge in [0, 0.05) is 0 Å². The normalized spacial score (nSPS) is 19.2. The lowest BCUT2D eigenvalue weighted by Gasteiger charge is -2.21. The van der Waals surface area contributed by atoms with E-state index < -0.39 is 18.3 Å². The maximum atomic E-state index is 10.8. The fraction of sp³-hybridized carbons (Fsp3) is 1.00. The van der Waals surface area contributed by atoms with Crippen LogP contribution in [0.15, 0.2) is 0 Å². The highest BCUT2D eigenvalue weighted by atomic mass is 35.5. The smallest absolute Gasteiger partial charge is 0.244 e. The van der Waals surface area contributed by atoms with Crippen LogP contribution < -0.4 is 0 Å². The Morgan fingerprint density at radius 2 is 2.00 bits per heavy atom. The van der Waals surface area contributed by atoms with Crippen molar-refractivity contribution in [2.24, 2.45) is 0 Å². The van der Waals surface area contributed by atoms with Crippen molar-refractivity contribution in [3.8, 4) is 0 Å². The summed E-state index contributed by atoms with van der Waals surface area (Å²) in [6.07, 6.45) is 0. The molecule has 0 amide bonds. The Hall–Kier alpha value is 0.440. The van der Waals surface area contributed by atoms with E-state index in [9.17, 15) is 4.57 Å². The van der Waals surface area contributed by atoms with E-state index in [4.69, 9.17) is 21.6 Å². The molecule has 2 N–H and O–H groups in total. The summed E-state index contributed by atoms with van der Waals surface area (Å²) in [6.45, 7) is 2.52. The molecule has 0 spiro atoms. The fourth-order valence-corrected chi connectivity index (χ4v) is 1.32. The van der Waals surface area contributed by atoms with E-state index in [0.29, 0.717) is 0 Å². The standard InChI is InChI=1S/C4H10ClO3P/c1-4(2,6)9(7,8)3-5/h6H,3H2,1-2H3,(H,7,8). The summed E-state index contributed by atoms with van der Waals surface area (Å²) in [5.41, 5.74) is -0.406. The van der Waals surface area contributed by atoms with Crippen molar-refractivity contribution in [3.63, 3.8) is 0 Å². The van der Waals surface area contributed by atoms with Crippen LogP contribution in [0.25, 0.3) is 0 Å². The van der Waals surface area contributed by atoms with E-state index in [0.717, 1.165) is 0 Å². The minimum Gasteiger partial charge on any atom is -0.380 e. The van der Waals surface area contributed by atoms with Crippen LogP contribution in [0.2, 0.25) is 0 Å². The van der Waals surface area contributed by atoms with Gasteiger partial charge >= 0.3 is 0 Å². The van der Waals surface area contributed by atoms with Gasteiger partial charge in [0.15, 0.2) is 0 Å². The van der Waals surface area contributed by atoms with Crippen molar-refractivity contribution in [2.75, 3.05) is 5.62 Å². The van der Waals surface area contributed by atoms with Crippen molar-refractivity contribution in [3.05, 3.63) is 0 Å². The van der Waals surface area contributed by atoms with E-state index in [1.54, 1.807) is 0 Å². The number of aliphatic hydroxyl groups is 1. The first-order chi connectivity index (χ1) is 3.81. The summed E-state index contributed by atoms with van der Waals surface area (Å²) in [4.78, 5) is 8.83. The lowest BCUT2D eigenvalue weighted by atomic mass is 10.5. The average Bonchev–Trinajstić information content (AvgIpc) is 1.64. The van der Waals surface area contributed by atoms with E-state index in [-0.39, 0.29) is 0 Å². The van der Waals surface area contributed by atoms with Gasteiger partial charge in [-0.2, -0.15) is 0 Å². The minimum absolute atomic E-state index is 0.406. The van der Waals surface area contributed by atoms with Gasteiger partial charge in [-0.1, -0.05) is 0 Å². The van der Waals surface area contributed by atoms with Crippen LogP contribution in [0.4, 0.5) is 0 Å². The molecule has 3 nitrogen and oxygen atoms in total. The van der Waals surface area contributed by atoms with Crippen LogP contribution >= 0.6 is 19.0 Å². The highest BCUT2D eigenvalue weighted by Gasteiger charge is 2.35. The van der Waals surface area contributed by atoms with Crippen molar-refractivity contribution < 1.29 is 14.6 Å². The van der Waals surface area contributed by atoms with Crippen molar-refractivity contribution in [1.82, 2.24) is 0 Å². The van der Waals surface area contributed by atoms with Gasteiger partial charge in [-0.3, -0.25) is 4.57 Å². The molecular formula is C4H10ClO3P. The second-order valence-electron chi connectivity index (χ2n) is 2.32. The molecule has 1 atom stereocenters. The summed E-state index contributed by atoms with van der Waals surface area (Å²) in [5, 5.41) is 7.37. The largest absolute Gasteiger partial charge is 0.380 e. The second kappa shape index (κ2) is 2.59. The zero-order valence-corrected chi connectivity index (χ0v) is 6.99. The van der Waals surface area contributed by atoms with E-state index in [2.05, 4.69) is 0 Å². The Kier molecular flexibility index (Phi) is 2.71. The molecule has 1 unspecified atom stereocenters. The van der Waals surface area contributed by atoms with Gasteiger partial charge in [0.1, 0.15) is 11.0 Å². The molecule has 0 aromatic carbocycles. The van der Waals surface area contributed by atoms with Crippen molar-refractivity contribution in [1.29, 1.82) is 0 Å². The summed E-state index contributed by atoms with van der Waals surface area (Å²) >= 11 is 5.10. The molecule has 0 bridgehead atoms. The number of hydrogen-bond donors (Lipinski definition) is 2. The Morgan fingerprint density at radius 3 is 2.00 bits per heavy atom. The highest BCUT2D eigenvalue weighted by molar-refractivity contribution is 7.61. The zero-order chi connectivity index (χ0) is 7.71. The fourth-order valence-electron chi connectivity index (χ4n) is 0.146. The van der Waals surface area contributed by atoms with Crippen LogP contribution in [0.5, 0.6) is 0 Å². The summed E-state index contributed by atoms with van der Waals surface area (Å²) < 4.78 is 10.8. The van der Waals surface area contributed by atoms with Gasteiger partial charge in [0.25, 0.3) is 0 Å². The Bertz CT molecular complexity index is 139. The average molecular weight is 173 g/mol. The van der Waals surface area contributed by atoms with Gasteiger partial charge in [0.2, 0.25) is 7.37 Å². The lowest BCUT2D eigenvalue weighted by Crippen LogP contribution is -2.19. The van der Waals surface area contributed by atoms with Gasteiger partial charge < -0.3 is 10.00 Å². The molecule has 0 aromatic rings. The van der Waals surface area contributed by atoms with Gasteiger partial charge in [-0.15, -0.1) is 11.6 Å². The first-order valence-electron chi connectivity index (χ1n) is 2.41. The number of hydrogen-bond acceptors (Lipinski definition) is 2. The first-order valence-corrected chi connectivity index (χ1v) is 4.79. The third kappa shape index (κ3) is 2.26. The third-order valence-corrected chi connectivity index (χ3v) is 4.02. The van der Waals surface area contributed by atoms with Crippen LogP contribution in [0, 0.1) is 0 Å². The van der Waals surface area contributed by atoms with Gasteiger partial charge in [-0.05, 0) is 13.8 Å². The van der Waals surface area contributed by atoms with Crippen LogP contribution in [-0.2, 0) is 4.57 Å². The SMILES string of the molecule is CC(C)(O)P(=O)(O)CCl. The lowest BCUT2D eigenvalue weighted by molar-refractivity contribution is 0.149. The number of rotatable bonds is 2. The number of halogens is 1. The molecule has 0 saturated carbocycles. The Balaban J connectivity index is 4.35. The van der Waals surface area contributed by atoms with Gasteiger partial charge in [-0.25, -0.2) is 0 Å². The quantitative estimate of drug-likeness (QED) is 0.486. The molecule has 0 fully saturated rings. The molecule has 5 heteroatoms. The summed E-state index contributed by atoms with van der Waals surface area (Å²) in [5.74, 6) is 0. The van der Waals surface area contributed by atoms with Crippen molar-refractivity contribution in [2.45, 2.75) is 19.2 Å². The molecule has 0 rings (SSSR count). The molecule has 56 valence electrons. The molecule has 0 aliphatic rings. The predicted molar refractivity (Wildman–Crippen MR) is 36.8 cm³/mol. The van der Waals surface area contributed by atoms with Gasteiger partial charge in [0.05, 0.1) is 0 Å². The molecule has 0 heterocycles. The molecule has 0 aliphatic carbocycles.